The zero-order valence-corrected chi connectivity index (χ0v) is 34.0. The van der Waals surface area contributed by atoms with Crippen molar-refractivity contribution in [2.75, 3.05) is 0 Å². The van der Waals surface area contributed by atoms with Gasteiger partial charge in [0, 0.05) is 54.7 Å². The van der Waals surface area contributed by atoms with Gasteiger partial charge in [-0.3, -0.25) is 0 Å². The topological polar surface area (TPSA) is 64.7 Å². The maximum Gasteiger partial charge on any atom is 0.164 e. The van der Waals surface area contributed by atoms with Crippen LogP contribution in [0.2, 0.25) is 0 Å². The van der Waals surface area contributed by atoms with E-state index in [0.717, 1.165) is 99.4 Å². The van der Waals surface area contributed by atoms with Crippen LogP contribution in [0.5, 0.6) is 0 Å². The van der Waals surface area contributed by atoms with Crippen molar-refractivity contribution in [1.29, 1.82) is 0 Å². The number of fused-ring (bicyclic) bond motifs is 6. The average Bonchev–Trinajstić information content (AvgIpc) is 3.74. The third-order valence-electron chi connectivity index (χ3n) is 11.9. The number of rotatable bonds is 7. The van der Waals surface area contributed by atoms with Gasteiger partial charge in [-0.15, -0.1) is 0 Å². The molecule has 294 valence electrons. The number of benzene rings is 9. The summed E-state index contributed by atoms with van der Waals surface area (Å²) in [4.78, 5) is 20.7. The number of pyridine rings is 1. The molecular formula is C58H36N4O. The van der Waals surface area contributed by atoms with Gasteiger partial charge in [-0.1, -0.05) is 194 Å². The number of aromatic nitrogens is 4. The molecule has 5 nitrogen and oxygen atoms in total. The van der Waals surface area contributed by atoms with Crippen molar-refractivity contribution in [3.8, 4) is 78.8 Å². The van der Waals surface area contributed by atoms with E-state index in [0.29, 0.717) is 17.5 Å². The molecule has 0 aliphatic rings. The molecule has 0 bridgehead atoms. The summed E-state index contributed by atoms with van der Waals surface area (Å²) in [5.41, 5.74) is 13.9. The van der Waals surface area contributed by atoms with Crippen molar-refractivity contribution >= 4 is 43.6 Å². The molecule has 0 saturated heterocycles. The third kappa shape index (κ3) is 6.51. The Morgan fingerprint density at radius 3 is 1.38 bits per heavy atom. The first-order valence-electron chi connectivity index (χ1n) is 21.1. The van der Waals surface area contributed by atoms with E-state index in [1.165, 1.54) is 5.56 Å². The van der Waals surface area contributed by atoms with Crippen molar-refractivity contribution in [3.63, 3.8) is 0 Å². The van der Waals surface area contributed by atoms with Gasteiger partial charge in [-0.2, -0.15) is 0 Å². The van der Waals surface area contributed by atoms with Crippen LogP contribution in [0.4, 0.5) is 0 Å². The van der Waals surface area contributed by atoms with Crippen LogP contribution in [0.15, 0.2) is 223 Å². The molecule has 0 amide bonds. The van der Waals surface area contributed by atoms with Crippen molar-refractivity contribution < 1.29 is 4.42 Å². The van der Waals surface area contributed by atoms with E-state index in [2.05, 4.69) is 164 Å². The second-order valence-corrected chi connectivity index (χ2v) is 15.8. The minimum absolute atomic E-state index is 0.590. The lowest BCUT2D eigenvalue weighted by Crippen LogP contribution is -2.00. The molecule has 3 aromatic heterocycles. The Morgan fingerprint density at radius 2 is 0.730 bits per heavy atom. The Balaban J connectivity index is 1.08. The normalized spacial score (nSPS) is 11.5. The van der Waals surface area contributed by atoms with Crippen molar-refractivity contribution in [3.05, 3.63) is 218 Å². The average molecular weight is 805 g/mol. The summed E-state index contributed by atoms with van der Waals surface area (Å²) in [6.45, 7) is 0. The van der Waals surface area contributed by atoms with Crippen LogP contribution in [0.25, 0.3) is 122 Å². The van der Waals surface area contributed by atoms with Gasteiger partial charge >= 0.3 is 0 Å². The summed E-state index contributed by atoms with van der Waals surface area (Å²) < 4.78 is 6.72. The molecule has 12 aromatic rings. The molecule has 3 heterocycles. The molecule has 0 fully saturated rings. The fraction of sp³-hybridized carbons (Fsp3) is 0. The quantitative estimate of drug-likeness (QED) is 0.150. The van der Waals surface area contributed by atoms with Gasteiger partial charge in [0.05, 0.1) is 11.2 Å². The second-order valence-electron chi connectivity index (χ2n) is 15.8. The Bertz CT molecular complexity index is 3640. The molecule has 0 saturated carbocycles. The monoisotopic (exact) mass is 804 g/mol. The number of furan rings is 1. The first-order chi connectivity index (χ1) is 31.2. The molecular weight excluding hydrogens is 769 g/mol. The SMILES string of the molecule is c1ccc(-c2ccc(-c3nc(-c4ccccc4)nc(-c4cccc(-c5c6c(cc7c(-c8ccc(-c9ccccc9)cc8)nc8ccccc8c57)oc5ccccc56)c4)n3)cc2)cc1. The van der Waals surface area contributed by atoms with Crippen LogP contribution in [-0.4, -0.2) is 19.9 Å². The van der Waals surface area contributed by atoms with E-state index in [-0.39, 0.29) is 0 Å². The first-order valence-corrected chi connectivity index (χ1v) is 21.1. The molecule has 0 radical (unpaired) electrons. The Hall–Kier alpha value is -8.54. The standard InChI is InChI=1S/C58H36N4O/c1-4-15-37(16-5-1)39-27-31-41(32-28-39)55-48-36-51-54(47-24-11-13-26-50(47)63-51)52(53(48)46-23-10-12-25-49(46)59-55)44-21-14-22-45(35-44)58-61-56(42-19-8-3-9-20-42)60-57(62-58)43-33-29-40(30-34-43)38-17-6-2-7-18-38/h1-36H. The van der Waals surface area contributed by atoms with Crippen LogP contribution >= 0.6 is 0 Å². The summed E-state index contributed by atoms with van der Waals surface area (Å²) in [6.07, 6.45) is 0. The zero-order valence-electron chi connectivity index (χ0n) is 34.0. The van der Waals surface area contributed by atoms with Gasteiger partial charge < -0.3 is 4.42 Å². The second kappa shape index (κ2) is 15.2. The van der Waals surface area contributed by atoms with E-state index in [4.69, 9.17) is 24.4 Å². The zero-order chi connectivity index (χ0) is 41.7. The highest BCUT2D eigenvalue weighted by Crippen LogP contribution is 2.47. The number of nitrogens with zero attached hydrogens (tertiary/aromatic N) is 4. The van der Waals surface area contributed by atoms with E-state index in [1.54, 1.807) is 0 Å². The van der Waals surface area contributed by atoms with Crippen LogP contribution in [-0.2, 0) is 0 Å². The van der Waals surface area contributed by atoms with Gasteiger partial charge in [-0.25, -0.2) is 19.9 Å². The Kier molecular flexibility index (Phi) is 8.75. The molecule has 0 aliphatic carbocycles. The molecule has 9 aromatic carbocycles. The summed E-state index contributed by atoms with van der Waals surface area (Å²) in [5.74, 6) is 1.81. The third-order valence-corrected chi connectivity index (χ3v) is 11.9. The number of hydrogen-bond donors (Lipinski definition) is 0. The maximum absolute atomic E-state index is 6.72. The van der Waals surface area contributed by atoms with Gasteiger partial charge in [0.1, 0.15) is 11.2 Å². The highest BCUT2D eigenvalue weighted by molar-refractivity contribution is 6.27. The summed E-state index contributed by atoms with van der Waals surface area (Å²) >= 11 is 0. The molecule has 63 heavy (non-hydrogen) atoms. The number of para-hydroxylation sites is 2. The fourth-order valence-corrected chi connectivity index (χ4v) is 8.88. The van der Waals surface area contributed by atoms with E-state index < -0.39 is 0 Å². The van der Waals surface area contributed by atoms with Crippen LogP contribution < -0.4 is 0 Å². The van der Waals surface area contributed by atoms with Gasteiger partial charge in [0.15, 0.2) is 17.5 Å². The molecule has 0 aliphatic heterocycles. The molecule has 0 atom stereocenters. The van der Waals surface area contributed by atoms with Gasteiger partial charge in [-0.05, 0) is 52.1 Å². The smallest absolute Gasteiger partial charge is 0.164 e. The molecule has 0 unspecified atom stereocenters. The predicted molar refractivity (Wildman–Crippen MR) is 258 cm³/mol. The summed E-state index contributed by atoms with van der Waals surface area (Å²) in [6, 6.07) is 75.7. The van der Waals surface area contributed by atoms with Crippen LogP contribution in [0, 0.1) is 0 Å². The summed E-state index contributed by atoms with van der Waals surface area (Å²) in [5, 5.41) is 5.30. The molecule has 0 spiro atoms. The molecule has 5 heteroatoms. The Labute approximate surface area is 363 Å². The van der Waals surface area contributed by atoms with Crippen molar-refractivity contribution in [2.45, 2.75) is 0 Å². The Morgan fingerprint density at radius 1 is 0.270 bits per heavy atom. The van der Waals surface area contributed by atoms with Gasteiger partial charge in [0.25, 0.3) is 0 Å². The largest absolute Gasteiger partial charge is 0.456 e. The molecule has 12 rings (SSSR count). The minimum Gasteiger partial charge on any atom is -0.456 e. The lowest BCUT2D eigenvalue weighted by atomic mass is 9.89. The summed E-state index contributed by atoms with van der Waals surface area (Å²) in [7, 11) is 0. The van der Waals surface area contributed by atoms with E-state index >= 15 is 0 Å². The van der Waals surface area contributed by atoms with Crippen LogP contribution in [0.1, 0.15) is 0 Å². The highest BCUT2D eigenvalue weighted by atomic mass is 16.3. The first kappa shape index (κ1) is 36.3. The van der Waals surface area contributed by atoms with Crippen LogP contribution in [0.3, 0.4) is 0 Å². The minimum atomic E-state index is 0.590. The fourth-order valence-electron chi connectivity index (χ4n) is 8.88. The van der Waals surface area contributed by atoms with Crippen molar-refractivity contribution in [1.82, 2.24) is 19.9 Å². The maximum atomic E-state index is 6.72. The highest BCUT2D eigenvalue weighted by Gasteiger charge is 2.23. The van der Waals surface area contributed by atoms with E-state index in [1.807, 2.05) is 54.6 Å². The lowest BCUT2D eigenvalue weighted by molar-refractivity contribution is 0.669. The number of hydrogen-bond acceptors (Lipinski definition) is 5. The van der Waals surface area contributed by atoms with Gasteiger partial charge in [0.2, 0.25) is 0 Å². The predicted octanol–water partition coefficient (Wildman–Crippen LogP) is 15.1. The lowest BCUT2D eigenvalue weighted by Gasteiger charge is -2.16. The van der Waals surface area contributed by atoms with E-state index in [9.17, 15) is 0 Å². The van der Waals surface area contributed by atoms with Crippen molar-refractivity contribution in [2.24, 2.45) is 0 Å². The molecule has 0 N–H and O–H groups in total.